The van der Waals surface area contributed by atoms with Crippen molar-refractivity contribution < 1.29 is 9.59 Å². The highest BCUT2D eigenvalue weighted by molar-refractivity contribution is 5.99. The molecule has 134 valence electrons. The van der Waals surface area contributed by atoms with Gasteiger partial charge in [0.15, 0.2) is 5.78 Å². The molecular formula is C20H22N4O2. The minimum absolute atomic E-state index is 0.134. The molecule has 4 rings (SSSR count). The molecule has 1 aromatic heterocycles. The lowest BCUT2D eigenvalue weighted by molar-refractivity contribution is -0.118. The van der Waals surface area contributed by atoms with Gasteiger partial charge in [0, 0.05) is 32.6 Å². The second-order valence-corrected chi connectivity index (χ2v) is 7.00. The monoisotopic (exact) mass is 350 g/mol. The quantitative estimate of drug-likeness (QED) is 0.792. The van der Waals surface area contributed by atoms with Gasteiger partial charge in [0.05, 0.1) is 17.0 Å². The first-order valence-corrected chi connectivity index (χ1v) is 9.05. The highest BCUT2D eigenvalue weighted by Crippen LogP contribution is 2.33. The first-order valence-electron chi connectivity index (χ1n) is 9.05. The molecule has 6 nitrogen and oxygen atoms in total. The number of aryl methyl sites for hydroxylation is 1. The molecule has 0 N–H and O–H groups in total. The van der Waals surface area contributed by atoms with Crippen LogP contribution in [-0.2, 0) is 11.2 Å². The zero-order valence-corrected chi connectivity index (χ0v) is 14.9. The lowest BCUT2D eigenvalue weighted by Gasteiger charge is -2.33. The standard InChI is InChI=1S/C20H22N4O2/c1-14-19-17(11-16(12-18(19)26)15-5-3-2-4-6-15)22-20(21-14)24-9-7-23(13-25)8-10-24/h2-6,13,16H,7-12H2,1H3/t16-/m1/s1. The average molecular weight is 350 g/mol. The van der Waals surface area contributed by atoms with E-state index in [1.54, 1.807) is 4.90 Å². The van der Waals surface area contributed by atoms with Gasteiger partial charge in [0.2, 0.25) is 12.4 Å². The highest BCUT2D eigenvalue weighted by atomic mass is 16.1. The molecule has 1 atom stereocenters. The number of fused-ring (bicyclic) bond motifs is 1. The van der Waals surface area contributed by atoms with Crippen molar-refractivity contribution in [1.29, 1.82) is 0 Å². The summed E-state index contributed by atoms with van der Waals surface area (Å²) in [5.74, 6) is 0.980. The summed E-state index contributed by atoms with van der Waals surface area (Å²) in [5.41, 5.74) is 3.51. The molecule has 1 saturated heterocycles. The number of ketones is 1. The van der Waals surface area contributed by atoms with Gasteiger partial charge < -0.3 is 9.80 Å². The third kappa shape index (κ3) is 3.07. The molecule has 1 aliphatic carbocycles. The zero-order valence-electron chi connectivity index (χ0n) is 14.9. The number of Topliss-reactive ketones (excluding diaryl/α,β-unsaturated/α-hetero) is 1. The van der Waals surface area contributed by atoms with Crippen LogP contribution in [0.2, 0.25) is 0 Å². The summed E-state index contributed by atoms with van der Waals surface area (Å²) in [6.07, 6.45) is 2.16. The number of amides is 1. The first-order chi connectivity index (χ1) is 12.7. The number of carbonyl (C=O) groups excluding carboxylic acids is 2. The Hall–Kier alpha value is -2.76. The average Bonchev–Trinajstić information content (AvgIpc) is 2.68. The number of hydrogen-bond donors (Lipinski definition) is 0. The number of hydrogen-bond acceptors (Lipinski definition) is 5. The minimum atomic E-state index is 0.134. The Labute approximate surface area is 152 Å². The van der Waals surface area contributed by atoms with Crippen LogP contribution in [0, 0.1) is 6.92 Å². The van der Waals surface area contributed by atoms with Crippen molar-refractivity contribution in [1.82, 2.24) is 14.9 Å². The minimum Gasteiger partial charge on any atom is -0.342 e. The van der Waals surface area contributed by atoms with E-state index < -0.39 is 0 Å². The number of benzene rings is 1. The van der Waals surface area contributed by atoms with Crippen LogP contribution in [0.1, 0.15) is 39.6 Å². The molecule has 0 radical (unpaired) electrons. The van der Waals surface area contributed by atoms with Crippen molar-refractivity contribution in [2.45, 2.75) is 25.7 Å². The number of piperazine rings is 1. The van der Waals surface area contributed by atoms with Crippen LogP contribution in [0.4, 0.5) is 5.95 Å². The molecule has 2 aromatic rings. The van der Waals surface area contributed by atoms with Crippen molar-refractivity contribution in [2.24, 2.45) is 0 Å². The van der Waals surface area contributed by atoms with Crippen LogP contribution in [0.3, 0.4) is 0 Å². The third-order valence-electron chi connectivity index (χ3n) is 5.32. The fourth-order valence-electron chi connectivity index (χ4n) is 3.89. The molecule has 0 spiro atoms. The van der Waals surface area contributed by atoms with Crippen LogP contribution >= 0.6 is 0 Å². The van der Waals surface area contributed by atoms with Gasteiger partial charge in [-0.15, -0.1) is 0 Å². The van der Waals surface area contributed by atoms with Crippen LogP contribution < -0.4 is 4.90 Å². The van der Waals surface area contributed by atoms with Crippen molar-refractivity contribution >= 4 is 18.1 Å². The largest absolute Gasteiger partial charge is 0.342 e. The van der Waals surface area contributed by atoms with Crippen molar-refractivity contribution in [3.05, 3.63) is 52.8 Å². The van der Waals surface area contributed by atoms with E-state index in [-0.39, 0.29) is 11.7 Å². The van der Waals surface area contributed by atoms with E-state index in [1.807, 2.05) is 25.1 Å². The maximum atomic E-state index is 12.7. The summed E-state index contributed by atoms with van der Waals surface area (Å²) in [7, 11) is 0. The second kappa shape index (κ2) is 6.86. The summed E-state index contributed by atoms with van der Waals surface area (Å²) in [4.78, 5) is 36.8. The lowest BCUT2D eigenvalue weighted by Crippen LogP contribution is -2.46. The van der Waals surface area contributed by atoms with Gasteiger partial charge in [-0.2, -0.15) is 0 Å². The molecule has 1 aromatic carbocycles. The predicted octanol–water partition coefficient (Wildman–Crippen LogP) is 1.98. The Morgan fingerprint density at radius 1 is 1.04 bits per heavy atom. The maximum Gasteiger partial charge on any atom is 0.225 e. The summed E-state index contributed by atoms with van der Waals surface area (Å²) >= 11 is 0. The summed E-state index contributed by atoms with van der Waals surface area (Å²) in [6, 6.07) is 10.2. The fraction of sp³-hybridized carbons (Fsp3) is 0.400. The van der Waals surface area contributed by atoms with Crippen molar-refractivity contribution in [3.63, 3.8) is 0 Å². The van der Waals surface area contributed by atoms with Crippen LogP contribution in [-0.4, -0.2) is 53.2 Å². The van der Waals surface area contributed by atoms with Gasteiger partial charge in [0.25, 0.3) is 0 Å². The molecule has 1 amide bonds. The van der Waals surface area contributed by atoms with Crippen LogP contribution in [0.25, 0.3) is 0 Å². The van der Waals surface area contributed by atoms with Crippen molar-refractivity contribution in [2.75, 3.05) is 31.1 Å². The molecule has 2 aliphatic rings. The van der Waals surface area contributed by atoms with Crippen LogP contribution in [0.15, 0.2) is 30.3 Å². The van der Waals surface area contributed by atoms with E-state index in [0.29, 0.717) is 44.1 Å². The van der Waals surface area contributed by atoms with Crippen molar-refractivity contribution in [3.8, 4) is 0 Å². The van der Waals surface area contributed by atoms with Gasteiger partial charge in [-0.05, 0) is 24.8 Å². The number of carbonyl (C=O) groups is 2. The number of anilines is 1. The number of nitrogens with zero attached hydrogens (tertiary/aromatic N) is 4. The predicted molar refractivity (Wildman–Crippen MR) is 98.5 cm³/mol. The van der Waals surface area contributed by atoms with Gasteiger partial charge in [-0.3, -0.25) is 9.59 Å². The van der Waals surface area contributed by atoms with E-state index in [9.17, 15) is 9.59 Å². The summed E-state index contributed by atoms with van der Waals surface area (Å²) < 4.78 is 0. The van der Waals surface area contributed by atoms with E-state index >= 15 is 0 Å². The van der Waals surface area contributed by atoms with Gasteiger partial charge in [0.1, 0.15) is 0 Å². The van der Waals surface area contributed by atoms with Gasteiger partial charge >= 0.3 is 0 Å². The normalized spacial score (nSPS) is 20.0. The Bertz CT molecular complexity index is 829. The SMILES string of the molecule is Cc1nc(N2CCN(C=O)CC2)nc2c1C(=O)C[C@H](c1ccccc1)C2. The number of rotatable bonds is 3. The number of aromatic nitrogens is 2. The molecule has 1 fully saturated rings. The lowest BCUT2D eigenvalue weighted by atomic mass is 9.81. The molecule has 26 heavy (non-hydrogen) atoms. The molecule has 0 saturated carbocycles. The van der Waals surface area contributed by atoms with Gasteiger partial charge in [-0.25, -0.2) is 9.97 Å². The van der Waals surface area contributed by atoms with E-state index in [2.05, 4.69) is 22.0 Å². The zero-order chi connectivity index (χ0) is 18.1. The first kappa shape index (κ1) is 16.7. The Balaban J connectivity index is 1.63. The Morgan fingerprint density at radius 2 is 1.77 bits per heavy atom. The molecule has 2 heterocycles. The molecule has 6 heteroatoms. The highest BCUT2D eigenvalue weighted by Gasteiger charge is 2.30. The fourth-order valence-corrected chi connectivity index (χ4v) is 3.89. The molecule has 0 unspecified atom stereocenters. The molecule has 0 bridgehead atoms. The Morgan fingerprint density at radius 3 is 2.46 bits per heavy atom. The molecule has 1 aliphatic heterocycles. The van der Waals surface area contributed by atoms with E-state index in [4.69, 9.17) is 4.98 Å². The third-order valence-corrected chi connectivity index (χ3v) is 5.32. The smallest absolute Gasteiger partial charge is 0.225 e. The van der Waals surface area contributed by atoms with Gasteiger partial charge in [-0.1, -0.05) is 30.3 Å². The maximum absolute atomic E-state index is 12.7. The topological polar surface area (TPSA) is 66.4 Å². The van der Waals surface area contributed by atoms with E-state index in [1.165, 1.54) is 5.56 Å². The summed E-state index contributed by atoms with van der Waals surface area (Å²) in [6.45, 7) is 4.68. The Kier molecular flexibility index (Phi) is 4.41. The van der Waals surface area contributed by atoms with Crippen LogP contribution in [0.5, 0.6) is 0 Å². The second-order valence-electron chi connectivity index (χ2n) is 7.00. The molecular weight excluding hydrogens is 328 g/mol. The summed E-state index contributed by atoms with van der Waals surface area (Å²) in [5, 5.41) is 0. The van der Waals surface area contributed by atoms with E-state index in [0.717, 1.165) is 24.2 Å².